The van der Waals surface area contributed by atoms with Crippen molar-refractivity contribution in [2.45, 2.75) is 23.8 Å². The van der Waals surface area contributed by atoms with E-state index in [0.29, 0.717) is 28.3 Å². The van der Waals surface area contributed by atoms with E-state index >= 15 is 0 Å². The number of amides is 2. The van der Waals surface area contributed by atoms with Gasteiger partial charge in [0.1, 0.15) is 5.82 Å². The number of rotatable bonds is 2. The van der Waals surface area contributed by atoms with Gasteiger partial charge in [0, 0.05) is 28.9 Å². The van der Waals surface area contributed by atoms with Crippen LogP contribution in [0.5, 0.6) is 0 Å². The van der Waals surface area contributed by atoms with Crippen molar-refractivity contribution in [2.24, 2.45) is 0 Å². The minimum atomic E-state index is -1.35. The van der Waals surface area contributed by atoms with Crippen molar-refractivity contribution >= 4 is 40.8 Å². The maximum Gasteiger partial charge on any atom is 0.269 e. The van der Waals surface area contributed by atoms with Crippen LogP contribution in [0.1, 0.15) is 23.7 Å². The van der Waals surface area contributed by atoms with Gasteiger partial charge < -0.3 is 10.6 Å². The van der Waals surface area contributed by atoms with Gasteiger partial charge in [0.15, 0.2) is 4.75 Å². The van der Waals surface area contributed by atoms with Crippen LogP contribution in [0.4, 0.5) is 17.2 Å². The lowest BCUT2D eigenvalue weighted by Crippen LogP contribution is -2.34. The summed E-state index contributed by atoms with van der Waals surface area (Å²) in [6, 6.07) is 13.6. The summed E-state index contributed by atoms with van der Waals surface area (Å²) in [4.78, 5) is 37.3. The fourth-order valence-corrected chi connectivity index (χ4v) is 5.67. The monoisotopic (exact) mass is 435 g/mol. The first-order chi connectivity index (χ1) is 14.8. The fraction of sp³-hybridized carbons (Fsp3) is 0.190. The molecule has 2 N–H and O–H groups in total. The van der Waals surface area contributed by atoms with Gasteiger partial charge in [-0.2, -0.15) is 5.10 Å². The summed E-state index contributed by atoms with van der Waals surface area (Å²) in [5.41, 5.74) is 2.62. The predicted octanol–water partition coefficient (Wildman–Crippen LogP) is 3.36. The Bertz CT molecular complexity index is 1270. The Morgan fingerprint density at radius 3 is 2.61 bits per heavy atom. The van der Waals surface area contributed by atoms with E-state index in [4.69, 9.17) is 0 Å². The summed E-state index contributed by atoms with van der Waals surface area (Å²) in [5, 5.41) is 21.3. The van der Waals surface area contributed by atoms with E-state index in [2.05, 4.69) is 15.7 Å². The normalized spacial score (nSPS) is 21.8. The van der Waals surface area contributed by atoms with Crippen molar-refractivity contribution in [3.8, 4) is 5.69 Å². The molecule has 2 aromatic carbocycles. The molecule has 2 atom stereocenters. The van der Waals surface area contributed by atoms with E-state index < -0.39 is 14.9 Å². The molecule has 31 heavy (non-hydrogen) atoms. The van der Waals surface area contributed by atoms with Gasteiger partial charge in [-0.1, -0.05) is 18.2 Å². The Morgan fingerprint density at radius 1 is 1.16 bits per heavy atom. The van der Waals surface area contributed by atoms with Crippen molar-refractivity contribution in [3.63, 3.8) is 0 Å². The summed E-state index contributed by atoms with van der Waals surface area (Å²) in [5.74, 6) is -0.236. The molecule has 3 aromatic rings. The average molecular weight is 435 g/mol. The number of fused-ring (bicyclic) bond motifs is 4. The van der Waals surface area contributed by atoms with Crippen LogP contribution in [0.25, 0.3) is 5.69 Å². The highest BCUT2D eigenvalue weighted by Gasteiger charge is 2.56. The van der Waals surface area contributed by atoms with Crippen molar-refractivity contribution < 1.29 is 14.5 Å². The van der Waals surface area contributed by atoms with Gasteiger partial charge in [0.25, 0.3) is 5.69 Å². The predicted molar refractivity (Wildman–Crippen MR) is 116 cm³/mol. The zero-order valence-corrected chi connectivity index (χ0v) is 17.4. The zero-order chi connectivity index (χ0) is 21.9. The number of nitro groups is 1. The molecule has 9 nitrogen and oxygen atoms in total. The minimum Gasteiger partial charge on any atom is -0.324 e. The lowest BCUT2D eigenvalue weighted by atomic mass is 9.90. The van der Waals surface area contributed by atoms with Crippen LogP contribution in [-0.4, -0.2) is 31.8 Å². The Labute approximate surface area is 181 Å². The smallest absolute Gasteiger partial charge is 0.269 e. The van der Waals surface area contributed by atoms with Gasteiger partial charge in [-0.25, -0.2) is 4.68 Å². The molecule has 1 aromatic heterocycles. The first-order valence-corrected chi connectivity index (χ1v) is 10.5. The number of benzene rings is 2. The molecule has 0 aliphatic carbocycles. The van der Waals surface area contributed by atoms with Crippen LogP contribution in [0.15, 0.2) is 48.5 Å². The number of carbonyl (C=O) groups is 2. The Kier molecular flexibility index (Phi) is 4.16. The van der Waals surface area contributed by atoms with Gasteiger partial charge in [0.2, 0.25) is 11.8 Å². The average Bonchev–Trinajstić information content (AvgIpc) is 3.17. The highest BCUT2D eigenvalue weighted by atomic mass is 32.2. The largest absolute Gasteiger partial charge is 0.324 e. The lowest BCUT2D eigenvalue weighted by Gasteiger charge is -2.27. The number of non-ortho nitro benzene ring substituents is 1. The number of anilines is 2. The highest BCUT2D eigenvalue weighted by molar-refractivity contribution is 8.02. The van der Waals surface area contributed by atoms with Gasteiger partial charge in [0.05, 0.1) is 21.6 Å². The second-order valence-electron chi connectivity index (χ2n) is 7.43. The number of hydrogen-bond acceptors (Lipinski definition) is 6. The minimum absolute atomic E-state index is 0.124. The van der Waals surface area contributed by atoms with Crippen molar-refractivity contribution in [1.82, 2.24) is 9.78 Å². The molecule has 2 amide bonds. The van der Waals surface area contributed by atoms with Gasteiger partial charge in [-0.3, -0.25) is 19.7 Å². The van der Waals surface area contributed by atoms with Crippen molar-refractivity contribution in [3.05, 3.63) is 75.5 Å². The van der Waals surface area contributed by atoms with Crippen molar-refractivity contribution in [2.75, 3.05) is 10.6 Å². The Balaban J connectivity index is 1.84. The van der Waals surface area contributed by atoms with E-state index in [-0.39, 0.29) is 17.5 Å². The van der Waals surface area contributed by atoms with E-state index in [1.165, 1.54) is 18.2 Å². The maximum absolute atomic E-state index is 13.5. The number of nitrogens with zero attached hydrogens (tertiary/aromatic N) is 3. The molecule has 2 unspecified atom stereocenters. The maximum atomic E-state index is 13.5. The molecule has 1 spiro atoms. The topological polar surface area (TPSA) is 119 Å². The van der Waals surface area contributed by atoms with E-state index in [9.17, 15) is 19.7 Å². The molecule has 0 saturated heterocycles. The number of para-hydroxylation sites is 1. The quantitative estimate of drug-likeness (QED) is 0.471. The van der Waals surface area contributed by atoms with Gasteiger partial charge in [-0.05, 0) is 32.0 Å². The molecule has 0 saturated carbocycles. The number of carbonyl (C=O) groups excluding carboxylic acids is 2. The summed E-state index contributed by atoms with van der Waals surface area (Å²) < 4.78 is 0.248. The molecule has 5 rings (SSSR count). The van der Waals surface area contributed by atoms with E-state index in [1.54, 1.807) is 18.5 Å². The molecular formula is C21H17N5O4S. The molecule has 0 fully saturated rings. The molecular weight excluding hydrogens is 418 g/mol. The highest BCUT2D eigenvalue weighted by Crippen LogP contribution is 2.57. The Morgan fingerprint density at radius 2 is 1.90 bits per heavy atom. The van der Waals surface area contributed by atoms with Crippen LogP contribution < -0.4 is 10.6 Å². The molecule has 0 bridgehead atoms. The lowest BCUT2D eigenvalue weighted by molar-refractivity contribution is -0.384. The fourth-order valence-electron chi connectivity index (χ4n) is 4.16. The molecule has 10 heteroatoms. The van der Waals surface area contributed by atoms with E-state index in [1.807, 2.05) is 30.3 Å². The molecule has 0 radical (unpaired) electrons. The summed E-state index contributed by atoms with van der Waals surface area (Å²) in [6.45, 7) is 3.48. The second kappa shape index (κ2) is 6.67. The number of aryl methyl sites for hydroxylation is 1. The van der Waals surface area contributed by atoms with Gasteiger partial charge in [-0.15, -0.1) is 11.8 Å². The summed E-state index contributed by atoms with van der Waals surface area (Å²) in [6.07, 6.45) is 0. The second-order valence-corrected chi connectivity index (χ2v) is 8.98. The number of aromatic nitrogens is 2. The first-order valence-electron chi connectivity index (χ1n) is 9.57. The third-order valence-electron chi connectivity index (χ3n) is 5.54. The van der Waals surface area contributed by atoms with Crippen LogP contribution in [0.2, 0.25) is 0 Å². The van der Waals surface area contributed by atoms with Crippen LogP contribution in [-0.2, 0) is 14.3 Å². The summed E-state index contributed by atoms with van der Waals surface area (Å²) >= 11 is 1.16. The molecule has 3 heterocycles. The molecule has 2 aliphatic heterocycles. The third kappa shape index (κ3) is 2.68. The summed E-state index contributed by atoms with van der Waals surface area (Å²) in [7, 11) is 0. The number of hydrogen-bond donors (Lipinski definition) is 2. The number of nitrogens with one attached hydrogen (secondary N) is 2. The number of nitro benzene ring substituents is 1. The molecule has 2 aliphatic rings. The van der Waals surface area contributed by atoms with Crippen LogP contribution in [0.3, 0.4) is 0 Å². The Hall–Kier alpha value is -3.66. The SMILES string of the molecule is Cc1nn(-c2ccccc2)c2c1C1(SC(C)C(=O)N2)C(=O)Nc2ccc([N+](=O)[O-])cc21. The first kappa shape index (κ1) is 19.3. The van der Waals surface area contributed by atoms with E-state index in [0.717, 1.165) is 17.4 Å². The number of thioether (sulfide) groups is 1. The standard InChI is InChI=1S/C21H17N5O4S/c1-11-17-18(25(24-11)13-6-4-3-5-7-13)23-19(27)12(2)31-21(17)15-10-14(26(29)30)8-9-16(15)22-20(21)28/h3-10,12H,1-2H3,(H,22,28)(H,23,27). The van der Waals surface area contributed by atoms with Gasteiger partial charge >= 0.3 is 0 Å². The third-order valence-corrected chi connectivity index (χ3v) is 7.07. The van der Waals surface area contributed by atoms with Crippen molar-refractivity contribution in [1.29, 1.82) is 0 Å². The van der Waals surface area contributed by atoms with Crippen LogP contribution >= 0.6 is 11.8 Å². The zero-order valence-electron chi connectivity index (χ0n) is 16.6. The molecule has 156 valence electrons. The van der Waals surface area contributed by atoms with Crippen LogP contribution in [0, 0.1) is 17.0 Å².